The first-order valence-electron chi connectivity index (χ1n) is 13.7. The molecule has 1 aliphatic rings. The van der Waals surface area contributed by atoms with E-state index in [1.807, 2.05) is 0 Å². The molecule has 0 aromatic heterocycles. The smallest absolute Gasteiger partial charge is 0.338 e. The SMILES string of the molecule is O=C(OCC1OC(O)C(OC(=O)c2ccccc2)[C@H](OC(=O)c2ccccc2)[C@@H]1OC(=O)c1ccccc1)c1ccccc1. The molecule has 0 bridgehead atoms. The van der Waals surface area contributed by atoms with Crippen molar-refractivity contribution in [1.29, 1.82) is 0 Å². The Morgan fingerprint density at radius 2 is 0.841 bits per heavy atom. The number of rotatable bonds is 9. The summed E-state index contributed by atoms with van der Waals surface area (Å²) in [7, 11) is 0. The van der Waals surface area contributed by atoms with Gasteiger partial charge in [0.25, 0.3) is 0 Å². The minimum absolute atomic E-state index is 0.154. The molecule has 5 rings (SSSR count). The predicted molar refractivity (Wildman–Crippen MR) is 155 cm³/mol. The largest absolute Gasteiger partial charge is 0.459 e. The van der Waals surface area contributed by atoms with Crippen molar-refractivity contribution in [2.75, 3.05) is 6.61 Å². The highest BCUT2D eigenvalue weighted by atomic mass is 16.7. The molecule has 44 heavy (non-hydrogen) atoms. The zero-order valence-electron chi connectivity index (χ0n) is 23.3. The highest BCUT2D eigenvalue weighted by Crippen LogP contribution is 2.30. The molecule has 4 aromatic rings. The molecule has 10 heteroatoms. The van der Waals surface area contributed by atoms with Gasteiger partial charge in [0.1, 0.15) is 12.7 Å². The lowest BCUT2D eigenvalue weighted by atomic mass is 9.97. The molecule has 1 saturated heterocycles. The maximum atomic E-state index is 13.3. The van der Waals surface area contributed by atoms with Crippen LogP contribution in [0.4, 0.5) is 0 Å². The molecule has 1 N–H and O–H groups in total. The van der Waals surface area contributed by atoms with Crippen LogP contribution < -0.4 is 0 Å². The van der Waals surface area contributed by atoms with Crippen LogP contribution in [0, 0.1) is 0 Å². The zero-order chi connectivity index (χ0) is 30.9. The van der Waals surface area contributed by atoms with Gasteiger partial charge in [0, 0.05) is 0 Å². The normalized spacial score (nSPS) is 21.0. The van der Waals surface area contributed by atoms with Gasteiger partial charge < -0.3 is 28.8 Å². The van der Waals surface area contributed by atoms with Crippen molar-refractivity contribution < 1.29 is 48.0 Å². The maximum Gasteiger partial charge on any atom is 0.338 e. The summed E-state index contributed by atoms with van der Waals surface area (Å²) in [6, 6.07) is 32.1. The molecule has 0 saturated carbocycles. The second kappa shape index (κ2) is 14.2. The first-order valence-corrected chi connectivity index (χ1v) is 13.7. The van der Waals surface area contributed by atoms with Gasteiger partial charge in [-0.1, -0.05) is 72.8 Å². The van der Waals surface area contributed by atoms with Crippen molar-refractivity contribution in [2.45, 2.75) is 30.7 Å². The van der Waals surface area contributed by atoms with Gasteiger partial charge >= 0.3 is 23.9 Å². The molecule has 1 aliphatic heterocycles. The molecule has 224 valence electrons. The molecule has 0 amide bonds. The summed E-state index contributed by atoms with van der Waals surface area (Å²) >= 11 is 0. The van der Waals surface area contributed by atoms with E-state index in [0.29, 0.717) is 0 Å². The van der Waals surface area contributed by atoms with Crippen molar-refractivity contribution in [2.24, 2.45) is 0 Å². The molecular weight excluding hydrogens is 568 g/mol. The van der Waals surface area contributed by atoms with E-state index >= 15 is 0 Å². The van der Waals surface area contributed by atoms with Crippen molar-refractivity contribution >= 4 is 23.9 Å². The molecule has 0 spiro atoms. The Morgan fingerprint density at radius 3 is 1.25 bits per heavy atom. The third kappa shape index (κ3) is 7.35. The third-order valence-corrected chi connectivity index (χ3v) is 6.76. The Labute approximate surface area is 252 Å². The minimum Gasteiger partial charge on any atom is -0.459 e. The fourth-order valence-electron chi connectivity index (χ4n) is 4.54. The number of aliphatic hydroxyl groups excluding tert-OH is 1. The highest BCUT2D eigenvalue weighted by molar-refractivity contribution is 5.91. The van der Waals surface area contributed by atoms with Crippen LogP contribution in [0.2, 0.25) is 0 Å². The number of carbonyl (C=O) groups is 4. The highest BCUT2D eigenvalue weighted by Gasteiger charge is 2.52. The van der Waals surface area contributed by atoms with E-state index in [4.69, 9.17) is 23.7 Å². The number of esters is 4. The second-order valence-corrected chi connectivity index (χ2v) is 9.74. The fraction of sp³-hybridized carbons (Fsp3) is 0.176. The zero-order valence-corrected chi connectivity index (χ0v) is 23.3. The lowest BCUT2D eigenvalue weighted by Crippen LogP contribution is -2.62. The molecule has 5 atom stereocenters. The van der Waals surface area contributed by atoms with Crippen LogP contribution >= 0.6 is 0 Å². The van der Waals surface area contributed by atoms with Crippen molar-refractivity contribution in [1.82, 2.24) is 0 Å². The number of ether oxygens (including phenoxy) is 5. The van der Waals surface area contributed by atoms with Gasteiger partial charge in [0.2, 0.25) is 0 Å². The van der Waals surface area contributed by atoms with E-state index in [2.05, 4.69) is 0 Å². The van der Waals surface area contributed by atoms with Crippen LogP contribution in [0.1, 0.15) is 41.4 Å². The van der Waals surface area contributed by atoms with Crippen molar-refractivity contribution in [3.8, 4) is 0 Å². The van der Waals surface area contributed by atoms with E-state index < -0.39 is 61.2 Å². The monoisotopic (exact) mass is 596 g/mol. The molecular formula is C34H28O10. The topological polar surface area (TPSA) is 135 Å². The Hall–Kier alpha value is -5.32. The Kier molecular flexibility index (Phi) is 9.75. The molecule has 10 nitrogen and oxygen atoms in total. The third-order valence-electron chi connectivity index (χ3n) is 6.76. The molecule has 0 radical (unpaired) electrons. The number of benzene rings is 4. The molecule has 1 heterocycles. The Bertz CT molecular complexity index is 1560. The van der Waals surface area contributed by atoms with Crippen LogP contribution in [0.3, 0.4) is 0 Å². The average molecular weight is 597 g/mol. The number of hydrogen-bond donors (Lipinski definition) is 1. The summed E-state index contributed by atoms with van der Waals surface area (Å²) in [4.78, 5) is 52.3. The summed E-state index contributed by atoms with van der Waals surface area (Å²) in [5.41, 5.74) is 0.736. The van der Waals surface area contributed by atoms with Crippen LogP contribution in [0.25, 0.3) is 0 Å². The average Bonchev–Trinajstić information content (AvgIpc) is 3.07. The summed E-state index contributed by atoms with van der Waals surface area (Å²) in [6.07, 6.45) is -7.89. The maximum absolute atomic E-state index is 13.3. The van der Waals surface area contributed by atoms with Crippen LogP contribution in [0.5, 0.6) is 0 Å². The van der Waals surface area contributed by atoms with E-state index in [1.165, 1.54) is 36.4 Å². The molecule has 0 aliphatic carbocycles. The Morgan fingerprint density at radius 1 is 0.500 bits per heavy atom. The van der Waals surface area contributed by atoms with E-state index in [0.717, 1.165) is 0 Å². The lowest BCUT2D eigenvalue weighted by molar-refractivity contribution is -0.284. The van der Waals surface area contributed by atoms with Crippen molar-refractivity contribution in [3.05, 3.63) is 144 Å². The van der Waals surface area contributed by atoms with Crippen LogP contribution in [-0.2, 0) is 23.7 Å². The minimum atomic E-state index is -1.86. The van der Waals surface area contributed by atoms with Gasteiger partial charge in [-0.15, -0.1) is 0 Å². The number of hydrogen-bond acceptors (Lipinski definition) is 10. The fourth-order valence-corrected chi connectivity index (χ4v) is 4.54. The van der Waals surface area contributed by atoms with Gasteiger partial charge in [-0.2, -0.15) is 0 Å². The summed E-state index contributed by atoms with van der Waals surface area (Å²) in [5, 5.41) is 11.1. The quantitative estimate of drug-likeness (QED) is 0.221. The van der Waals surface area contributed by atoms with Gasteiger partial charge in [-0.05, 0) is 48.5 Å². The Balaban J connectivity index is 1.48. The van der Waals surface area contributed by atoms with Crippen LogP contribution in [-0.4, -0.2) is 66.3 Å². The number of carbonyl (C=O) groups excluding carboxylic acids is 4. The molecule has 3 unspecified atom stereocenters. The van der Waals surface area contributed by atoms with Gasteiger partial charge in [0.15, 0.2) is 24.6 Å². The molecule has 4 aromatic carbocycles. The summed E-state index contributed by atoms with van der Waals surface area (Å²) in [5.74, 6) is -3.21. The first-order chi connectivity index (χ1) is 21.4. The van der Waals surface area contributed by atoms with Gasteiger partial charge in [-0.3, -0.25) is 0 Å². The summed E-state index contributed by atoms with van der Waals surface area (Å²) < 4.78 is 28.4. The van der Waals surface area contributed by atoms with Gasteiger partial charge in [-0.25, -0.2) is 19.2 Å². The van der Waals surface area contributed by atoms with E-state index in [-0.39, 0.29) is 22.3 Å². The van der Waals surface area contributed by atoms with E-state index in [9.17, 15) is 24.3 Å². The predicted octanol–water partition coefficient (Wildman–Crippen LogP) is 4.24. The van der Waals surface area contributed by atoms with Crippen molar-refractivity contribution in [3.63, 3.8) is 0 Å². The van der Waals surface area contributed by atoms with Gasteiger partial charge in [0.05, 0.1) is 22.3 Å². The standard InChI is InChI=1S/C34H28O10/c35-30(22-13-5-1-6-14-22)40-21-26-27(42-31(36)23-15-7-2-8-16-23)28(43-32(37)24-17-9-3-10-18-24)29(34(39)41-26)44-33(38)25-19-11-4-12-20-25/h1-20,26-29,34,39H,21H2/t26?,27-,28-,29?,34?/m1/s1. The lowest BCUT2D eigenvalue weighted by Gasteiger charge is -2.42. The van der Waals surface area contributed by atoms with Crippen LogP contribution in [0.15, 0.2) is 121 Å². The number of aliphatic hydroxyl groups is 1. The summed E-state index contributed by atoms with van der Waals surface area (Å²) in [6.45, 7) is -0.504. The second-order valence-electron chi connectivity index (χ2n) is 9.74. The van der Waals surface area contributed by atoms with E-state index in [1.54, 1.807) is 84.9 Å². The molecule has 1 fully saturated rings. The first kappa shape index (κ1) is 30.1.